The van der Waals surface area contributed by atoms with Crippen LogP contribution in [0.3, 0.4) is 0 Å². The lowest BCUT2D eigenvalue weighted by Crippen LogP contribution is -2.04. The number of pyridine rings is 1. The molecule has 0 aliphatic carbocycles. The van der Waals surface area contributed by atoms with Crippen LogP contribution in [0.2, 0.25) is 0 Å². The maximum Gasteiger partial charge on any atom is 0.252 e. The van der Waals surface area contributed by atoms with Gasteiger partial charge >= 0.3 is 0 Å². The van der Waals surface area contributed by atoms with Gasteiger partial charge < -0.3 is 15.5 Å². The Labute approximate surface area is 144 Å². The quantitative estimate of drug-likeness (QED) is 0.541. The molecule has 1 aromatic heterocycles. The third-order valence-corrected chi connectivity index (χ3v) is 4.02. The van der Waals surface area contributed by atoms with Crippen molar-refractivity contribution >= 4 is 16.6 Å². The normalized spacial score (nSPS) is 10.7. The van der Waals surface area contributed by atoms with Gasteiger partial charge in [-0.2, -0.15) is 0 Å². The SMILES string of the molecule is Nc1ccc(-c2cccc(Oc3cc(=O)[nH]c4ccccc34)c2)cc1. The van der Waals surface area contributed by atoms with Gasteiger partial charge in [-0.15, -0.1) is 0 Å². The van der Waals surface area contributed by atoms with E-state index in [4.69, 9.17) is 10.5 Å². The lowest BCUT2D eigenvalue weighted by atomic mass is 10.1. The first kappa shape index (κ1) is 15.0. The van der Waals surface area contributed by atoms with Gasteiger partial charge in [0.1, 0.15) is 11.5 Å². The molecular formula is C21H16N2O2. The highest BCUT2D eigenvalue weighted by atomic mass is 16.5. The van der Waals surface area contributed by atoms with E-state index in [9.17, 15) is 4.79 Å². The summed E-state index contributed by atoms with van der Waals surface area (Å²) in [5.41, 5.74) is 9.10. The molecule has 0 amide bonds. The van der Waals surface area contributed by atoms with Crippen molar-refractivity contribution in [3.8, 4) is 22.6 Å². The Kier molecular flexibility index (Phi) is 3.71. The van der Waals surface area contributed by atoms with Crippen molar-refractivity contribution in [3.63, 3.8) is 0 Å². The molecule has 25 heavy (non-hydrogen) atoms. The molecule has 0 bridgehead atoms. The molecule has 0 radical (unpaired) electrons. The van der Waals surface area contributed by atoms with Crippen LogP contribution in [-0.2, 0) is 0 Å². The van der Waals surface area contributed by atoms with Gasteiger partial charge in [0.15, 0.2) is 0 Å². The predicted octanol–water partition coefficient (Wildman–Crippen LogP) is 4.57. The summed E-state index contributed by atoms with van der Waals surface area (Å²) in [4.78, 5) is 14.7. The van der Waals surface area contributed by atoms with Crippen molar-refractivity contribution in [1.82, 2.24) is 4.98 Å². The molecule has 3 N–H and O–H groups in total. The van der Waals surface area contributed by atoms with Crippen LogP contribution < -0.4 is 16.0 Å². The Hall–Kier alpha value is -3.53. The highest BCUT2D eigenvalue weighted by Gasteiger charge is 2.07. The highest BCUT2D eigenvalue weighted by Crippen LogP contribution is 2.30. The number of hydrogen-bond donors (Lipinski definition) is 2. The maximum absolute atomic E-state index is 11.9. The summed E-state index contributed by atoms with van der Waals surface area (Å²) in [5.74, 6) is 1.21. The van der Waals surface area contributed by atoms with Crippen LogP contribution >= 0.6 is 0 Å². The molecule has 0 aliphatic rings. The largest absolute Gasteiger partial charge is 0.456 e. The topological polar surface area (TPSA) is 68.1 Å². The third kappa shape index (κ3) is 3.10. The van der Waals surface area contributed by atoms with E-state index >= 15 is 0 Å². The van der Waals surface area contributed by atoms with Gasteiger partial charge in [0.05, 0.1) is 5.52 Å². The molecule has 0 saturated heterocycles. The summed E-state index contributed by atoms with van der Waals surface area (Å²) < 4.78 is 6.01. The number of nitrogen functional groups attached to an aromatic ring is 1. The Morgan fingerprint density at radius 1 is 0.800 bits per heavy atom. The lowest BCUT2D eigenvalue weighted by molar-refractivity contribution is 0.487. The fraction of sp³-hybridized carbons (Fsp3) is 0. The second-order valence-corrected chi connectivity index (χ2v) is 5.80. The first-order chi connectivity index (χ1) is 12.2. The van der Waals surface area contributed by atoms with Gasteiger partial charge in [-0.25, -0.2) is 0 Å². The fourth-order valence-corrected chi connectivity index (χ4v) is 2.80. The van der Waals surface area contributed by atoms with E-state index < -0.39 is 0 Å². The van der Waals surface area contributed by atoms with E-state index in [2.05, 4.69) is 4.98 Å². The van der Waals surface area contributed by atoms with Crippen molar-refractivity contribution in [2.75, 3.05) is 5.73 Å². The summed E-state index contributed by atoms with van der Waals surface area (Å²) in [6.07, 6.45) is 0. The second kappa shape index (κ2) is 6.17. The minimum atomic E-state index is -0.191. The van der Waals surface area contributed by atoms with Gasteiger partial charge in [-0.3, -0.25) is 4.79 Å². The smallest absolute Gasteiger partial charge is 0.252 e. The highest BCUT2D eigenvalue weighted by molar-refractivity contribution is 5.85. The summed E-state index contributed by atoms with van der Waals surface area (Å²) in [5, 5.41) is 0.861. The zero-order valence-electron chi connectivity index (χ0n) is 13.4. The minimum absolute atomic E-state index is 0.191. The lowest BCUT2D eigenvalue weighted by Gasteiger charge is -2.10. The molecule has 4 aromatic rings. The Morgan fingerprint density at radius 2 is 1.60 bits per heavy atom. The average Bonchev–Trinajstić information content (AvgIpc) is 2.62. The molecule has 122 valence electrons. The summed E-state index contributed by atoms with van der Waals surface area (Å²) in [6.45, 7) is 0. The van der Waals surface area contributed by atoms with E-state index in [1.54, 1.807) is 0 Å². The monoisotopic (exact) mass is 328 g/mol. The van der Waals surface area contributed by atoms with E-state index in [1.807, 2.05) is 72.8 Å². The summed E-state index contributed by atoms with van der Waals surface area (Å²) in [7, 11) is 0. The molecule has 4 rings (SSSR count). The van der Waals surface area contributed by atoms with Crippen molar-refractivity contribution in [2.24, 2.45) is 0 Å². The van der Waals surface area contributed by atoms with Crippen LogP contribution in [-0.4, -0.2) is 4.98 Å². The van der Waals surface area contributed by atoms with Gasteiger partial charge in [0, 0.05) is 17.1 Å². The predicted molar refractivity (Wildman–Crippen MR) is 101 cm³/mol. The molecule has 4 nitrogen and oxygen atoms in total. The maximum atomic E-state index is 11.9. The minimum Gasteiger partial charge on any atom is -0.456 e. The Morgan fingerprint density at radius 3 is 2.44 bits per heavy atom. The zero-order chi connectivity index (χ0) is 17.2. The van der Waals surface area contributed by atoms with Crippen LogP contribution in [0.25, 0.3) is 22.0 Å². The fourth-order valence-electron chi connectivity index (χ4n) is 2.80. The number of para-hydroxylation sites is 1. The molecule has 0 unspecified atom stereocenters. The van der Waals surface area contributed by atoms with E-state index in [1.165, 1.54) is 6.07 Å². The number of benzene rings is 3. The second-order valence-electron chi connectivity index (χ2n) is 5.80. The molecule has 4 heteroatoms. The molecular weight excluding hydrogens is 312 g/mol. The zero-order valence-corrected chi connectivity index (χ0v) is 13.4. The standard InChI is InChI=1S/C21H16N2O2/c22-16-10-8-14(9-11-16)15-4-3-5-17(12-15)25-20-13-21(24)23-19-7-2-1-6-18(19)20/h1-13H,22H2,(H,23,24). The summed E-state index contributed by atoms with van der Waals surface area (Å²) in [6, 6.07) is 24.5. The number of fused-ring (bicyclic) bond motifs is 1. The summed E-state index contributed by atoms with van der Waals surface area (Å²) >= 11 is 0. The molecule has 1 heterocycles. The first-order valence-electron chi connectivity index (χ1n) is 7.95. The molecule has 3 aromatic carbocycles. The molecule has 0 spiro atoms. The number of aromatic nitrogens is 1. The first-order valence-corrected chi connectivity index (χ1v) is 7.95. The van der Waals surface area contributed by atoms with Gasteiger partial charge in [0.25, 0.3) is 5.56 Å². The van der Waals surface area contributed by atoms with Crippen molar-refractivity contribution in [3.05, 3.63) is 89.2 Å². The number of nitrogens with one attached hydrogen (secondary N) is 1. The molecule has 0 atom stereocenters. The van der Waals surface area contributed by atoms with E-state index in [-0.39, 0.29) is 5.56 Å². The third-order valence-electron chi connectivity index (χ3n) is 4.02. The van der Waals surface area contributed by atoms with E-state index in [0.717, 1.165) is 27.7 Å². The van der Waals surface area contributed by atoms with Gasteiger partial charge in [-0.1, -0.05) is 36.4 Å². The number of ether oxygens (including phenoxy) is 1. The van der Waals surface area contributed by atoms with Gasteiger partial charge in [-0.05, 0) is 47.5 Å². The van der Waals surface area contributed by atoms with Crippen LogP contribution in [0.5, 0.6) is 11.5 Å². The molecule has 0 aliphatic heterocycles. The Balaban J connectivity index is 1.74. The molecule has 0 fully saturated rings. The number of hydrogen-bond acceptors (Lipinski definition) is 3. The van der Waals surface area contributed by atoms with Crippen LogP contribution in [0.15, 0.2) is 83.7 Å². The number of aromatic amines is 1. The number of anilines is 1. The Bertz CT molecular complexity index is 1100. The molecule has 0 saturated carbocycles. The van der Waals surface area contributed by atoms with Crippen molar-refractivity contribution in [1.29, 1.82) is 0 Å². The number of nitrogens with two attached hydrogens (primary N) is 1. The van der Waals surface area contributed by atoms with Crippen molar-refractivity contribution in [2.45, 2.75) is 0 Å². The van der Waals surface area contributed by atoms with Crippen LogP contribution in [0.4, 0.5) is 5.69 Å². The van der Waals surface area contributed by atoms with Gasteiger partial charge in [0.2, 0.25) is 0 Å². The van der Waals surface area contributed by atoms with E-state index in [0.29, 0.717) is 11.5 Å². The van der Waals surface area contributed by atoms with Crippen molar-refractivity contribution < 1.29 is 4.74 Å². The van der Waals surface area contributed by atoms with Crippen LogP contribution in [0.1, 0.15) is 0 Å². The average molecular weight is 328 g/mol. The number of H-pyrrole nitrogens is 1. The number of rotatable bonds is 3. The van der Waals surface area contributed by atoms with Crippen LogP contribution in [0, 0.1) is 0 Å².